The predicted octanol–water partition coefficient (Wildman–Crippen LogP) is 3.36. The lowest BCUT2D eigenvalue weighted by molar-refractivity contribution is -0.137. The minimum Gasteiger partial charge on any atom is -0.481 e. The predicted molar refractivity (Wildman–Crippen MR) is 90.3 cm³/mol. The Balaban J connectivity index is 1.87. The first-order chi connectivity index (χ1) is 10.6. The fourth-order valence-electron chi connectivity index (χ4n) is 3.19. The molecule has 1 saturated carbocycles. The van der Waals surface area contributed by atoms with Crippen molar-refractivity contribution in [3.8, 4) is 0 Å². The third-order valence-corrected chi connectivity index (χ3v) is 4.63. The van der Waals surface area contributed by atoms with Crippen LogP contribution in [0.5, 0.6) is 0 Å². The Morgan fingerprint density at radius 1 is 1.14 bits per heavy atom. The highest BCUT2D eigenvalue weighted by atomic mass is 16.4. The lowest BCUT2D eigenvalue weighted by atomic mass is 9.94. The van der Waals surface area contributed by atoms with Crippen LogP contribution in [0.1, 0.15) is 44.1 Å². The first-order valence-corrected chi connectivity index (χ1v) is 8.28. The van der Waals surface area contributed by atoms with E-state index in [1.165, 1.54) is 43.4 Å². The van der Waals surface area contributed by atoms with Gasteiger partial charge in [0.15, 0.2) is 0 Å². The van der Waals surface area contributed by atoms with Crippen molar-refractivity contribution in [2.24, 2.45) is 0 Å². The third-order valence-electron chi connectivity index (χ3n) is 4.63. The fourth-order valence-corrected chi connectivity index (χ4v) is 3.19. The second-order valence-electron chi connectivity index (χ2n) is 6.45. The lowest BCUT2D eigenvalue weighted by Crippen LogP contribution is -2.33. The van der Waals surface area contributed by atoms with Gasteiger partial charge in [0, 0.05) is 31.9 Å². The molecule has 0 aromatic heterocycles. The van der Waals surface area contributed by atoms with Gasteiger partial charge in [-0.3, -0.25) is 4.79 Å². The van der Waals surface area contributed by atoms with E-state index in [-0.39, 0.29) is 6.42 Å². The van der Waals surface area contributed by atoms with Crippen LogP contribution in [0.25, 0.3) is 0 Å². The second kappa shape index (κ2) is 8.18. The van der Waals surface area contributed by atoms with Gasteiger partial charge in [-0.05, 0) is 37.6 Å². The van der Waals surface area contributed by atoms with Gasteiger partial charge in [-0.2, -0.15) is 0 Å². The van der Waals surface area contributed by atoms with Crippen molar-refractivity contribution in [3.63, 3.8) is 0 Å². The van der Waals surface area contributed by atoms with Crippen molar-refractivity contribution in [3.05, 3.63) is 29.8 Å². The van der Waals surface area contributed by atoms with E-state index in [4.69, 9.17) is 5.11 Å². The van der Waals surface area contributed by atoms with Crippen LogP contribution < -0.4 is 4.90 Å². The molecule has 0 spiro atoms. The molecule has 1 aromatic rings. The van der Waals surface area contributed by atoms with E-state index < -0.39 is 5.97 Å². The molecule has 0 aliphatic heterocycles. The molecule has 122 valence electrons. The number of rotatable bonds is 7. The minimum atomic E-state index is -0.740. The number of nitrogens with zero attached hydrogens (tertiary/aromatic N) is 2. The van der Waals surface area contributed by atoms with Gasteiger partial charge in [0.05, 0.1) is 6.42 Å². The topological polar surface area (TPSA) is 43.8 Å². The molecule has 2 rings (SSSR count). The largest absolute Gasteiger partial charge is 0.481 e. The van der Waals surface area contributed by atoms with Gasteiger partial charge in [0.2, 0.25) is 0 Å². The highest BCUT2D eigenvalue weighted by Gasteiger charge is 2.18. The summed E-state index contributed by atoms with van der Waals surface area (Å²) in [5.74, 6) is -0.740. The monoisotopic (exact) mass is 304 g/mol. The van der Waals surface area contributed by atoms with E-state index >= 15 is 0 Å². The van der Waals surface area contributed by atoms with Gasteiger partial charge in [-0.1, -0.05) is 31.4 Å². The molecule has 0 saturated heterocycles. The highest BCUT2D eigenvalue weighted by molar-refractivity contribution is 5.66. The zero-order valence-corrected chi connectivity index (χ0v) is 13.8. The normalized spacial score (nSPS) is 16.0. The van der Waals surface area contributed by atoms with E-state index in [0.717, 1.165) is 6.54 Å². The van der Waals surface area contributed by atoms with E-state index in [1.54, 1.807) is 0 Å². The van der Waals surface area contributed by atoms with Gasteiger partial charge < -0.3 is 14.9 Å². The second-order valence-corrected chi connectivity index (χ2v) is 6.45. The fraction of sp³-hybridized carbons (Fsp3) is 0.611. The van der Waals surface area contributed by atoms with Crippen LogP contribution in [0.3, 0.4) is 0 Å². The lowest BCUT2D eigenvalue weighted by Gasteiger charge is -2.33. The molecule has 0 amide bonds. The molecule has 1 aliphatic carbocycles. The molecule has 0 unspecified atom stereocenters. The molecule has 4 heteroatoms. The average molecular weight is 304 g/mol. The number of hydrogen-bond donors (Lipinski definition) is 1. The Hall–Kier alpha value is -1.55. The molecule has 0 radical (unpaired) electrons. The van der Waals surface area contributed by atoms with E-state index in [9.17, 15) is 4.79 Å². The Morgan fingerprint density at radius 3 is 2.36 bits per heavy atom. The van der Waals surface area contributed by atoms with E-state index in [2.05, 4.69) is 36.2 Å². The van der Waals surface area contributed by atoms with Gasteiger partial charge in [-0.25, -0.2) is 0 Å². The van der Waals surface area contributed by atoms with Crippen LogP contribution in [0.15, 0.2) is 24.3 Å². The Morgan fingerprint density at radius 2 is 1.77 bits per heavy atom. The molecule has 0 atom stereocenters. The summed E-state index contributed by atoms with van der Waals surface area (Å²) in [4.78, 5) is 15.1. The summed E-state index contributed by atoms with van der Waals surface area (Å²) in [6.45, 7) is 1.37. The summed E-state index contributed by atoms with van der Waals surface area (Å²) in [7, 11) is 4.16. The zero-order chi connectivity index (χ0) is 15.9. The molecule has 1 aliphatic rings. The summed E-state index contributed by atoms with van der Waals surface area (Å²) in [6, 6.07) is 9.37. The van der Waals surface area contributed by atoms with Gasteiger partial charge in [0.1, 0.15) is 0 Å². The van der Waals surface area contributed by atoms with Crippen LogP contribution in [0.2, 0.25) is 0 Å². The summed E-state index contributed by atoms with van der Waals surface area (Å²) >= 11 is 0. The maximum absolute atomic E-state index is 10.6. The molecule has 1 N–H and O–H groups in total. The van der Waals surface area contributed by atoms with E-state index in [1.807, 2.05) is 11.9 Å². The van der Waals surface area contributed by atoms with Crippen molar-refractivity contribution in [2.75, 3.05) is 25.5 Å². The number of hydrogen-bond acceptors (Lipinski definition) is 3. The van der Waals surface area contributed by atoms with Crippen molar-refractivity contribution in [2.45, 2.75) is 51.1 Å². The number of anilines is 1. The molecular weight excluding hydrogens is 276 g/mol. The number of benzene rings is 1. The van der Waals surface area contributed by atoms with Gasteiger partial charge >= 0.3 is 5.97 Å². The minimum absolute atomic E-state index is 0.193. The summed E-state index contributed by atoms with van der Waals surface area (Å²) in [6.07, 6.45) is 6.88. The van der Waals surface area contributed by atoms with Crippen LogP contribution in [-0.2, 0) is 11.3 Å². The smallest absolute Gasteiger partial charge is 0.304 e. The maximum Gasteiger partial charge on any atom is 0.304 e. The van der Waals surface area contributed by atoms with Gasteiger partial charge in [-0.15, -0.1) is 0 Å². The highest BCUT2D eigenvalue weighted by Crippen LogP contribution is 2.26. The Bertz CT molecular complexity index is 466. The number of aliphatic carboxylic acids is 1. The van der Waals surface area contributed by atoms with Crippen LogP contribution in [-0.4, -0.2) is 42.7 Å². The number of carboxylic acid groups (broad SMARTS) is 1. The number of carbonyl (C=O) groups is 1. The molecule has 1 aromatic carbocycles. The van der Waals surface area contributed by atoms with Crippen LogP contribution >= 0.6 is 0 Å². The first kappa shape index (κ1) is 16.8. The first-order valence-electron chi connectivity index (χ1n) is 8.28. The molecule has 22 heavy (non-hydrogen) atoms. The van der Waals surface area contributed by atoms with Crippen molar-refractivity contribution >= 4 is 11.7 Å². The van der Waals surface area contributed by atoms with Crippen molar-refractivity contribution in [1.82, 2.24) is 4.90 Å². The van der Waals surface area contributed by atoms with E-state index in [0.29, 0.717) is 12.6 Å². The molecule has 4 nitrogen and oxygen atoms in total. The molecule has 0 heterocycles. The molecular formula is C18H28N2O2. The third kappa shape index (κ3) is 5.02. The molecule has 0 bridgehead atoms. The zero-order valence-electron chi connectivity index (χ0n) is 13.8. The standard InChI is InChI=1S/C18H28N2O2/c1-19(13-12-18(21)22)14-15-8-10-17(11-9-15)20(2)16-6-4-3-5-7-16/h8-11,16H,3-7,12-14H2,1-2H3,(H,21,22). The SMILES string of the molecule is CN(CCC(=O)O)Cc1ccc(N(C)C2CCCCC2)cc1. The summed E-state index contributed by atoms with van der Waals surface area (Å²) in [5.41, 5.74) is 2.51. The maximum atomic E-state index is 10.6. The Labute approximate surface area is 133 Å². The van der Waals surface area contributed by atoms with Crippen LogP contribution in [0, 0.1) is 0 Å². The van der Waals surface area contributed by atoms with Gasteiger partial charge in [0.25, 0.3) is 0 Å². The average Bonchev–Trinajstić information content (AvgIpc) is 2.54. The van der Waals surface area contributed by atoms with Crippen molar-refractivity contribution in [1.29, 1.82) is 0 Å². The summed E-state index contributed by atoms with van der Waals surface area (Å²) in [5, 5.41) is 8.72. The quantitative estimate of drug-likeness (QED) is 0.839. The van der Waals surface area contributed by atoms with Crippen molar-refractivity contribution < 1.29 is 9.90 Å². The summed E-state index contributed by atoms with van der Waals surface area (Å²) < 4.78 is 0. The Kier molecular flexibility index (Phi) is 6.25. The number of carboxylic acids is 1. The van der Waals surface area contributed by atoms with Crippen LogP contribution in [0.4, 0.5) is 5.69 Å². The molecule has 1 fully saturated rings.